The molecule has 1 aromatic heterocycles. The average molecular weight is 315 g/mol. The standard InChI is InChI=1S/C17H21N3O3/c1-4-5-10-18-17(22)16-14(23-3)11-15(21)20(19-16)13-8-6-12(2)7-9-13/h6-9,11H,4-5,10H2,1-3H3,(H,18,22). The summed E-state index contributed by atoms with van der Waals surface area (Å²) in [6, 6.07) is 8.62. The molecule has 0 saturated heterocycles. The van der Waals surface area contributed by atoms with Gasteiger partial charge < -0.3 is 10.1 Å². The molecule has 6 nitrogen and oxygen atoms in total. The lowest BCUT2D eigenvalue weighted by Gasteiger charge is -2.11. The molecule has 1 amide bonds. The van der Waals surface area contributed by atoms with Gasteiger partial charge in [-0.15, -0.1) is 0 Å². The number of hydrogen-bond acceptors (Lipinski definition) is 4. The van der Waals surface area contributed by atoms with Crippen molar-refractivity contribution in [1.82, 2.24) is 15.1 Å². The molecular weight excluding hydrogens is 294 g/mol. The minimum absolute atomic E-state index is 0.101. The van der Waals surface area contributed by atoms with E-state index in [2.05, 4.69) is 10.4 Å². The molecule has 1 heterocycles. The second-order valence-electron chi connectivity index (χ2n) is 5.26. The average Bonchev–Trinajstić information content (AvgIpc) is 2.55. The van der Waals surface area contributed by atoms with Gasteiger partial charge in [0.05, 0.1) is 18.9 Å². The van der Waals surface area contributed by atoms with Crippen molar-refractivity contribution in [2.45, 2.75) is 26.7 Å². The number of rotatable bonds is 6. The SMILES string of the molecule is CCCCNC(=O)c1nn(-c2ccc(C)cc2)c(=O)cc1OC. The van der Waals surface area contributed by atoms with Gasteiger partial charge in [0.15, 0.2) is 11.4 Å². The van der Waals surface area contributed by atoms with Crippen LogP contribution in [-0.2, 0) is 0 Å². The van der Waals surface area contributed by atoms with E-state index in [9.17, 15) is 9.59 Å². The molecule has 0 aliphatic carbocycles. The molecule has 1 aromatic carbocycles. The monoisotopic (exact) mass is 315 g/mol. The minimum Gasteiger partial charge on any atom is -0.494 e. The van der Waals surface area contributed by atoms with Crippen molar-refractivity contribution >= 4 is 5.91 Å². The molecule has 23 heavy (non-hydrogen) atoms. The molecule has 0 aliphatic rings. The third kappa shape index (κ3) is 3.97. The van der Waals surface area contributed by atoms with E-state index in [4.69, 9.17) is 4.74 Å². The highest BCUT2D eigenvalue weighted by Crippen LogP contribution is 2.14. The van der Waals surface area contributed by atoms with Gasteiger partial charge in [-0.05, 0) is 25.5 Å². The molecule has 0 bridgehead atoms. The topological polar surface area (TPSA) is 73.2 Å². The van der Waals surface area contributed by atoms with Gasteiger partial charge in [-0.3, -0.25) is 9.59 Å². The van der Waals surface area contributed by atoms with Gasteiger partial charge >= 0.3 is 0 Å². The fourth-order valence-corrected chi connectivity index (χ4v) is 2.09. The first-order valence-electron chi connectivity index (χ1n) is 7.60. The molecule has 6 heteroatoms. The third-order valence-electron chi connectivity index (χ3n) is 3.43. The van der Waals surface area contributed by atoms with Crippen LogP contribution in [0.5, 0.6) is 5.75 Å². The number of methoxy groups -OCH3 is 1. The molecule has 1 N–H and O–H groups in total. The van der Waals surface area contributed by atoms with E-state index < -0.39 is 0 Å². The zero-order chi connectivity index (χ0) is 16.8. The Balaban J connectivity index is 2.41. The number of carbonyl (C=O) groups excluding carboxylic acids is 1. The number of benzene rings is 1. The van der Waals surface area contributed by atoms with Crippen molar-refractivity contribution in [3.63, 3.8) is 0 Å². The van der Waals surface area contributed by atoms with Crippen LogP contribution in [0, 0.1) is 6.92 Å². The molecule has 2 aromatic rings. The Kier molecular flexibility index (Phi) is 5.51. The van der Waals surface area contributed by atoms with Crippen LogP contribution in [0.2, 0.25) is 0 Å². The predicted octanol–water partition coefficient (Wildman–Crippen LogP) is 2.08. The van der Waals surface area contributed by atoms with E-state index in [1.807, 2.05) is 26.0 Å². The van der Waals surface area contributed by atoms with Gasteiger partial charge in [0, 0.05) is 6.54 Å². The van der Waals surface area contributed by atoms with Gasteiger partial charge in [-0.2, -0.15) is 9.78 Å². The predicted molar refractivity (Wildman–Crippen MR) is 88.4 cm³/mol. The summed E-state index contributed by atoms with van der Waals surface area (Å²) in [7, 11) is 1.41. The number of aryl methyl sites for hydroxylation is 1. The highest BCUT2D eigenvalue weighted by Gasteiger charge is 2.17. The molecule has 0 fully saturated rings. The maximum absolute atomic E-state index is 12.3. The van der Waals surface area contributed by atoms with Crippen LogP contribution in [-0.4, -0.2) is 29.3 Å². The summed E-state index contributed by atoms with van der Waals surface area (Å²) in [4.78, 5) is 24.5. The van der Waals surface area contributed by atoms with Crippen LogP contribution in [0.4, 0.5) is 0 Å². The number of aromatic nitrogens is 2. The van der Waals surface area contributed by atoms with E-state index in [1.165, 1.54) is 17.9 Å². The molecule has 2 rings (SSSR count). The van der Waals surface area contributed by atoms with Crippen molar-refractivity contribution in [3.8, 4) is 11.4 Å². The Labute approximate surface area is 135 Å². The number of nitrogens with zero attached hydrogens (tertiary/aromatic N) is 2. The lowest BCUT2D eigenvalue weighted by Crippen LogP contribution is -2.30. The van der Waals surface area contributed by atoms with E-state index in [1.54, 1.807) is 12.1 Å². The number of nitrogens with one attached hydrogen (secondary N) is 1. The van der Waals surface area contributed by atoms with Crippen molar-refractivity contribution in [2.75, 3.05) is 13.7 Å². The van der Waals surface area contributed by atoms with Crippen molar-refractivity contribution < 1.29 is 9.53 Å². The summed E-state index contributed by atoms with van der Waals surface area (Å²) >= 11 is 0. The largest absolute Gasteiger partial charge is 0.494 e. The molecule has 0 unspecified atom stereocenters. The molecule has 0 saturated carbocycles. The van der Waals surface area contributed by atoms with Crippen molar-refractivity contribution in [2.24, 2.45) is 0 Å². The lowest BCUT2D eigenvalue weighted by atomic mass is 10.2. The van der Waals surface area contributed by atoms with Crippen LogP contribution in [0.25, 0.3) is 5.69 Å². The number of carbonyl (C=O) groups is 1. The number of hydrogen-bond donors (Lipinski definition) is 1. The number of amides is 1. The lowest BCUT2D eigenvalue weighted by molar-refractivity contribution is 0.0942. The van der Waals surface area contributed by atoms with E-state index in [0.29, 0.717) is 12.2 Å². The van der Waals surface area contributed by atoms with Crippen LogP contribution >= 0.6 is 0 Å². The molecular formula is C17H21N3O3. The molecule has 0 spiro atoms. The van der Waals surface area contributed by atoms with Gasteiger partial charge in [-0.1, -0.05) is 31.0 Å². The fraction of sp³-hybridized carbons (Fsp3) is 0.353. The van der Waals surface area contributed by atoms with E-state index in [-0.39, 0.29) is 22.9 Å². The van der Waals surface area contributed by atoms with Crippen LogP contribution in [0.1, 0.15) is 35.8 Å². The van der Waals surface area contributed by atoms with Gasteiger partial charge in [-0.25, -0.2) is 0 Å². The Morgan fingerprint density at radius 1 is 1.30 bits per heavy atom. The highest BCUT2D eigenvalue weighted by molar-refractivity contribution is 5.94. The van der Waals surface area contributed by atoms with Crippen LogP contribution < -0.4 is 15.6 Å². The Morgan fingerprint density at radius 2 is 2.00 bits per heavy atom. The summed E-state index contributed by atoms with van der Waals surface area (Å²) in [6.45, 7) is 4.56. The summed E-state index contributed by atoms with van der Waals surface area (Å²) in [5.41, 5.74) is 1.43. The smallest absolute Gasteiger partial charge is 0.275 e. The van der Waals surface area contributed by atoms with Crippen LogP contribution in [0.15, 0.2) is 35.1 Å². The molecule has 0 radical (unpaired) electrons. The first-order valence-corrected chi connectivity index (χ1v) is 7.60. The minimum atomic E-state index is -0.351. The maximum atomic E-state index is 12.3. The Hall–Kier alpha value is -2.63. The zero-order valence-corrected chi connectivity index (χ0v) is 13.6. The summed E-state index contributed by atoms with van der Waals surface area (Å²) in [6.07, 6.45) is 1.86. The number of ether oxygens (including phenoxy) is 1. The second-order valence-corrected chi connectivity index (χ2v) is 5.26. The van der Waals surface area contributed by atoms with E-state index >= 15 is 0 Å². The Morgan fingerprint density at radius 3 is 2.61 bits per heavy atom. The molecule has 122 valence electrons. The quantitative estimate of drug-likeness (QED) is 0.828. The van der Waals surface area contributed by atoms with Gasteiger partial charge in [0.25, 0.3) is 11.5 Å². The fourth-order valence-electron chi connectivity index (χ4n) is 2.09. The van der Waals surface area contributed by atoms with Gasteiger partial charge in [0.2, 0.25) is 0 Å². The number of unbranched alkanes of at least 4 members (excludes halogenated alkanes) is 1. The van der Waals surface area contributed by atoms with Gasteiger partial charge in [0.1, 0.15) is 0 Å². The summed E-state index contributed by atoms with van der Waals surface area (Å²) in [5, 5.41) is 6.97. The normalized spacial score (nSPS) is 10.4. The van der Waals surface area contributed by atoms with Crippen LogP contribution in [0.3, 0.4) is 0 Å². The van der Waals surface area contributed by atoms with Crippen molar-refractivity contribution in [3.05, 3.63) is 51.9 Å². The third-order valence-corrected chi connectivity index (χ3v) is 3.43. The van der Waals surface area contributed by atoms with Crippen molar-refractivity contribution in [1.29, 1.82) is 0 Å². The molecule has 0 aliphatic heterocycles. The highest BCUT2D eigenvalue weighted by atomic mass is 16.5. The summed E-state index contributed by atoms with van der Waals surface area (Å²) in [5.74, 6) is -0.177. The zero-order valence-electron chi connectivity index (χ0n) is 13.6. The first kappa shape index (κ1) is 16.7. The Bertz CT molecular complexity index is 736. The first-order chi connectivity index (χ1) is 11.1. The second kappa shape index (κ2) is 7.58. The molecule has 0 atom stereocenters. The summed E-state index contributed by atoms with van der Waals surface area (Å²) < 4.78 is 6.33. The van der Waals surface area contributed by atoms with E-state index in [0.717, 1.165) is 18.4 Å². The maximum Gasteiger partial charge on any atom is 0.275 e.